The Bertz CT molecular complexity index is 1050. The molecule has 10 nitrogen and oxygen atoms in total. The van der Waals surface area contributed by atoms with Crippen molar-refractivity contribution in [2.75, 3.05) is 32.7 Å². The molecule has 1 aromatic carbocycles. The molecule has 202 valence electrons. The molecule has 0 saturated carbocycles. The fraction of sp³-hybridized carbons (Fsp3) is 0.593. The van der Waals surface area contributed by atoms with Crippen LogP contribution in [0.1, 0.15) is 85.0 Å². The summed E-state index contributed by atoms with van der Waals surface area (Å²) in [5, 5.41) is 5.46. The molecule has 2 heterocycles. The second-order valence-corrected chi connectivity index (χ2v) is 11.1. The molecule has 0 spiro atoms. The number of benzene rings is 1. The molecule has 0 aromatic heterocycles. The molecular weight excluding hydrogens is 476 g/mol. The maximum Gasteiger partial charge on any atom is 0.407 e. The van der Waals surface area contributed by atoms with Crippen molar-refractivity contribution in [2.24, 2.45) is 11.8 Å². The van der Waals surface area contributed by atoms with E-state index in [4.69, 9.17) is 4.74 Å². The highest BCUT2D eigenvalue weighted by atomic mass is 16.6. The maximum atomic E-state index is 13.1. The van der Waals surface area contributed by atoms with Gasteiger partial charge in [-0.15, -0.1) is 0 Å². The number of alkyl carbamates (subject to hydrolysis) is 1. The predicted octanol–water partition coefficient (Wildman–Crippen LogP) is 2.82. The van der Waals surface area contributed by atoms with Gasteiger partial charge in [0, 0.05) is 44.7 Å². The second kappa shape index (κ2) is 11.7. The lowest BCUT2D eigenvalue weighted by molar-refractivity contribution is -0.121. The number of imide groups is 1. The molecule has 0 aliphatic carbocycles. The molecule has 0 bridgehead atoms. The van der Waals surface area contributed by atoms with Crippen molar-refractivity contribution in [3.05, 3.63) is 34.9 Å². The van der Waals surface area contributed by atoms with Crippen molar-refractivity contribution in [1.29, 1.82) is 0 Å². The maximum absolute atomic E-state index is 13.1. The minimum atomic E-state index is -0.589. The summed E-state index contributed by atoms with van der Waals surface area (Å²) in [6.07, 6.45) is 1.09. The third kappa shape index (κ3) is 7.53. The van der Waals surface area contributed by atoms with E-state index in [9.17, 15) is 24.0 Å². The highest BCUT2D eigenvalue weighted by Crippen LogP contribution is 2.26. The normalized spacial score (nSPS) is 16.2. The summed E-state index contributed by atoms with van der Waals surface area (Å²) in [6.45, 7) is 11.3. The number of carbonyl (C=O) groups is 5. The Labute approximate surface area is 218 Å². The van der Waals surface area contributed by atoms with E-state index in [1.165, 1.54) is 11.0 Å². The first-order valence-electron chi connectivity index (χ1n) is 12.9. The third-order valence-electron chi connectivity index (χ3n) is 6.28. The number of hydrogen-bond donors (Lipinski definition) is 2. The zero-order valence-electron chi connectivity index (χ0n) is 22.4. The second-order valence-electron chi connectivity index (χ2n) is 11.1. The van der Waals surface area contributed by atoms with Gasteiger partial charge in [-0.1, -0.05) is 13.8 Å². The number of nitrogens with one attached hydrogen (secondary N) is 2. The molecular formula is C27H38N4O6. The van der Waals surface area contributed by atoms with E-state index < -0.39 is 11.7 Å². The van der Waals surface area contributed by atoms with Gasteiger partial charge in [0.1, 0.15) is 5.60 Å². The van der Waals surface area contributed by atoms with E-state index in [1.807, 2.05) is 13.8 Å². The minimum Gasteiger partial charge on any atom is -0.444 e. The summed E-state index contributed by atoms with van der Waals surface area (Å²) in [5.41, 5.74) is 0.442. The average Bonchev–Trinajstić information content (AvgIpc) is 3.05. The van der Waals surface area contributed by atoms with Crippen molar-refractivity contribution in [3.63, 3.8) is 0 Å². The minimum absolute atomic E-state index is 0.154. The van der Waals surface area contributed by atoms with Crippen LogP contribution in [0.5, 0.6) is 0 Å². The van der Waals surface area contributed by atoms with Crippen molar-refractivity contribution in [3.8, 4) is 0 Å². The molecule has 2 aliphatic rings. The number of piperidine rings is 1. The van der Waals surface area contributed by atoms with Gasteiger partial charge in [0.2, 0.25) is 5.91 Å². The number of hydrogen-bond acceptors (Lipinski definition) is 6. The van der Waals surface area contributed by atoms with Crippen LogP contribution < -0.4 is 10.6 Å². The van der Waals surface area contributed by atoms with Crippen molar-refractivity contribution < 1.29 is 28.7 Å². The van der Waals surface area contributed by atoms with Crippen LogP contribution in [0.4, 0.5) is 4.79 Å². The summed E-state index contributed by atoms with van der Waals surface area (Å²) in [6, 6.07) is 4.72. The van der Waals surface area contributed by atoms with Crippen LogP contribution >= 0.6 is 0 Å². The van der Waals surface area contributed by atoms with Crippen LogP contribution in [0.3, 0.4) is 0 Å². The summed E-state index contributed by atoms with van der Waals surface area (Å²) in [7, 11) is 0. The Balaban J connectivity index is 1.43. The number of likely N-dealkylation sites (tertiary alicyclic amines) is 1. The molecule has 1 fully saturated rings. The summed E-state index contributed by atoms with van der Waals surface area (Å²) < 4.78 is 5.14. The molecule has 5 amide bonds. The van der Waals surface area contributed by atoms with Gasteiger partial charge >= 0.3 is 6.09 Å². The van der Waals surface area contributed by atoms with E-state index in [-0.39, 0.29) is 54.0 Å². The topological polar surface area (TPSA) is 125 Å². The quantitative estimate of drug-likeness (QED) is 0.514. The molecule has 2 aliphatic heterocycles. The number of rotatable bonds is 8. The van der Waals surface area contributed by atoms with Gasteiger partial charge in [-0.05, 0) is 63.6 Å². The highest BCUT2D eigenvalue weighted by molar-refractivity contribution is 6.22. The fourth-order valence-corrected chi connectivity index (χ4v) is 4.42. The summed E-state index contributed by atoms with van der Waals surface area (Å²) in [4.78, 5) is 65.1. The Morgan fingerprint density at radius 1 is 1.03 bits per heavy atom. The van der Waals surface area contributed by atoms with E-state index in [0.717, 1.165) is 12.8 Å². The first-order chi connectivity index (χ1) is 17.4. The Morgan fingerprint density at radius 3 is 2.30 bits per heavy atom. The summed E-state index contributed by atoms with van der Waals surface area (Å²) in [5.74, 6) is -0.575. The van der Waals surface area contributed by atoms with Crippen molar-refractivity contribution in [1.82, 2.24) is 20.4 Å². The Morgan fingerprint density at radius 2 is 1.68 bits per heavy atom. The molecule has 0 radical (unpaired) electrons. The number of nitrogens with zero attached hydrogens (tertiary/aromatic N) is 2. The predicted molar refractivity (Wildman–Crippen MR) is 137 cm³/mol. The van der Waals surface area contributed by atoms with Gasteiger partial charge in [0.25, 0.3) is 17.7 Å². The van der Waals surface area contributed by atoms with Gasteiger partial charge in [-0.25, -0.2) is 4.79 Å². The lowest BCUT2D eigenvalue weighted by Crippen LogP contribution is -2.42. The number of amides is 5. The molecule has 2 N–H and O–H groups in total. The van der Waals surface area contributed by atoms with Crippen molar-refractivity contribution >= 4 is 29.7 Å². The van der Waals surface area contributed by atoms with E-state index in [1.54, 1.807) is 37.8 Å². The Kier molecular flexibility index (Phi) is 8.94. The first kappa shape index (κ1) is 28.1. The van der Waals surface area contributed by atoms with Crippen LogP contribution in [-0.4, -0.2) is 77.8 Å². The standard InChI is InChI=1S/C27H38N4O6/c1-17(2)16-31-24(34)20-7-6-19(14-21(20)25(31)35)23(33)30-12-9-18(10-13-30)15-29-22(32)8-11-28-26(36)37-27(3,4)5/h6-7,14,17-18H,8-13,15-16H2,1-5H3,(H,28,36)(H,29,32). The smallest absolute Gasteiger partial charge is 0.407 e. The highest BCUT2D eigenvalue weighted by Gasteiger charge is 2.36. The van der Waals surface area contributed by atoms with Crippen LogP contribution in [-0.2, 0) is 9.53 Å². The lowest BCUT2D eigenvalue weighted by Gasteiger charge is -2.32. The summed E-state index contributed by atoms with van der Waals surface area (Å²) >= 11 is 0. The van der Waals surface area contributed by atoms with Crippen LogP contribution in [0.25, 0.3) is 0 Å². The fourth-order valence-electron chi connectivity index (χ4n) is 4.42. The van der Waals surface area contributed by atoms with Gasteiger partial charge in [-0.2, -0.15) is 0 Å². The third-order valence-corrected chi connectivity index (χ3v) is 6.28. The van der Waals surface area contributed by atoms with Crippen LogP contribution in [0.2, 0.25) is 0 Å². The van der Waals surface area contributed by atoms with Gasteiger partial charge in [0.15, 0.2) is 0 Å². The van der Waals surface area contributed by atoms with Gasteiger partial charge in [-0.3, -0.25) is 24.1 Å². The molecule has 37 heavy (non-hydrogen) atoms. The number of carbonyl (C=O) groups excluding carboxylic acids is 5. The van der Waals surface area contributed by atoms with E-state index in [0.29, 0.717) is 37.3 Å². The molecule has 1 saturated heterocycles. The number of fused-ring (bicyclic) bond motifs is 1. The molecule has 3 rings (SSSR count). The lowest BCUT2D eigenvalue weighted by atomic mass is 9.96. The van der Waals surface area contributed by atoms with E-state index >= 15 is 0 Å². The zero-order chi connectivity index (χ0) is 27.3. The van der Waals surface area contributed by atoms with Crippen LogP contribution in [0, 0.1) is 11.8 Å². The molecule has 1 aromatic rings. The molecule has 0 unspecified atom stereocenters. The molecule has 10 heteroatoms. The SMILES string of the molecule is CC(C)CN1C(=O)c2ccc(C(=O)N3CCC(CNC(=O)CCNC(=O)OC(C)(C)C)CC3)cc2C1=O. The van der Waals surface area contributed by atoms with E-state index in [2.05, 4.69) is 10.6 Å². The molecule has 0 atom stereocenters. The average molecular weight is 515 g/mol. The van der Waals surface area contributed by atoms with Gasteiger partial charge < -0.3 is 20.3 Å². The first-order valence-corrected chi connectivity index (χ1v) is 12.9. The van der Waals surface area contributed by atoms with Crippen molar-refractivity contribution in [2.45, 2.75) is 59.5 Å². The largest absolute Gasteiger partial charge is 0.444 e. The monoisotopic (exact) mass is 514 g/mol. The van der Waals surface area contributed by atoms with Crippen LogP contribution in [0.15, 0.2) is 18.2 Å². The Hall–Kier alpha value is -3.43. The zero-order valence-corrected chi connectivity index (χ0v) is 22.4. The van der Waals surface area contributed by atoms with Gasteiger partial charge in [0.05, 0.1) is 11.1 Å². The number of ether oxygens (including phenoxy) is 1.